The molecule has 0 saturated heterocycles. The second kappa shape index (κ2) is 5.10. The molecule has 3 aromatic rings. The monoisotopic (exact) mass is 342 g/mol. The molecule has 0 aromatic heterocycles. The standard InChI is InChI=1S/C23H22N2O/c1-4-25-19-12-8-7-11-18(19)22(2,3)23(25)15-24-21-17-10-6-5-9-16(17)13-14-20(21)26-23/h5-15H,4H2,1-3H3/t23-/m0/s1. The second-order valence-electron chi connectivity index (χ2n) is 7.58. The molecule has 2 aliphatic heterocycles. The highest BCUT2D eigenvalue weighted by Crippen LogP contribution is 2.54. The number of para-hydroxylation sites is 1. The molecule has 3 nitrogen and oxygen atoms in total. The lowest BCUT2D eigenvalue weighted by molar-refractivity contribution is 0.0788. The molecule has 0 fully saturated rings. The van der Waals surface area contributed by atoms with Gasteiger partial charge in [-0.25, -0.2) is 0 Å². The summed E-state index contributed by atoms with van der Waals surface area (Å²) in [5.74, 6) is 0.852. The summed E-state index contributed by atoms with van der Waals surface area (Å²) >= 11 is 0. The van der Waals surface area contributed by atoms with Gasteiger partial charge in [0.25, 0.3) is 0 Å². The van der Waals surface area contributed by atoms with E-state index in [-0.39, 0.29) is 5.41 Å². The van der Waals surface area contributed by atoms with Gasteiger partial charge in [-0.3, -0.25) is 4.99 Å². The van der Waals surface area contributed by atoms with Crippen molar-refractivity contribution in [3.8, 4) is 5.75 Å². The summed E-state index contributed by atoms with van der Waals surface area (Å²) in [6.45, 7) is 7.53. The first-order valence-electron chi connectivity index (χ1n) is 9.21. The van der Waals surface area contributed by atoms with Crippen LogP contribution in [0.25, 0.3) is 10.8 Å². The second-order valence-corrected chi connectivity index (χ2v) is 7.58. The molecule has 26 heavy (non-hydrogen) atoms. The summed E-state index contributed by atoms with van der Waals surface area (Å²) in [5.41, 5.74) is 2.64. The van der Waals surface area contributed by atoms with Crippen molar-refractivity contribution in [1.82, 2.24) is 0 Å². The molecule has 0 unspecified atom stereocenters. The molecule has 0 saturated carbocycles. The first kappa shape index (κ1) is 15.4. The molecule has 0 bridgehead atoms. The third-order valence-electron chi connectivity index (χ3n) is 5.98. The van der Waals surface area contributed by atoms with Crippen molar-refractivity contribution in [3.63, 3.8) is 0 Å². The van der Waals surface area contributed by atoms with Crippen LogP contribution < -0.4 is 9.64 Å². The Morgan fingerprint density at radius 2 is 1.73 bits per heavy atom. The van der Waals surface area contributed by atoms with E-state index in [9.17, 15) is 0 Å². The molecular weight excluding hydrogens is 320 g/mol. The van der Waals surface area contributed by atoms with Gasteiger partial charge in [0.2, 0.25) is 5.72 Å². The van der Waals surface area contributed by atoms with E-state index in [2.05, 4.69) is 86.3 Å². The lowest BCUT2D eigenvalue weighted by Crippen LogP contribution is -2.62. The van der Waals surface area contributed by atoms with Crippen LogP contribution in [-0.2, 0) is 5.41 Å². The van der Waals surface area contributed by atoms with Gasteiger partial charge in [-0.15, -0.1) is 0 Å². The molecule has 1 spiro atoms. The van der Waals surface area contributed by atoms with E-state index >= 15 is 0 Å². The lowest BCUT2D eigenvalue weighted by Gasteiger charge is -2.46. The van der Waals surface area contributed by atoms with Gasteiger partial charge in [0.1, 0.15) is 11.4 Å². The van der Waals surface area contributed by atoms with Gasteiger partial charge in [-0.05, 0) is 43.9 Å². The van der Waals surface area contributed by atoms with E-state index < -0.39 is 5.72 Å². The molecule has 0 aliphatic carbocycles. The predicted molar refractivity (Wildman–Crippen MR) is 108 cm³/mol. The summed E-state index contributed by atoms with van der Waals surface area (Å²) in [6.07, 6.45) is 2.02. The Morgan fingerprint density at radius 3 is 2.58 bits per heavy atom. The summed E-state index contributed by atoms with van der Waals surface area (Å²) in [7, 11) is 0. The number of aliphatic imine (C=N–C) groups is 1. The fraction of sp³-hybridized carbons (Fsp3) is 0.261. The van der Waals surface area contributed by atoms with Crippen LogP contribution in [0, 0.1) is 0 Å². The maximum atomic E-state index is 6.77. The Kier molecular flexibility index (Phi) is 3.03. The first-order valence-corrected chi connectivity index (χ1v) is 9.21. The Bertz CT molecular complexity index is 1050. The number of fused-ring (bicyclic) bond motifs is 4. The summed E-state index contributed by atoms with van der Waals surface area (Å²) in [4.78, 5) is 7.28. The number of hydrogen-bond acceptors (Lipinski definition) is 3. The summed E-state index contributed by atoms with van der Waals surface area (Å²) < 4.78 is 6.77. The van der Waals surface area contributed by atoms with Crippen molar-refractivity contribution in [1.29, 1.82) is 0 Å². The van der Waals surface area contributed by atoms with Crippen LogP contribution in [0.3, 0.4) is 0 Å². The van der Waals surface area contributed by atoms with E-state index in [1.807, 2.05) is 6.21 Å². The lowest BCUT2D eigenvalue weighted by atomic mass is 9.77. The molecule has 0 radical (unpaired) electrons. The molecule has 1 atom stereocenters. The van der Waals surface area contributed by atoms with Crippen LogP contribution in [0.5, 0.6) is 5.75 Å². The van der Waals surface area contributed by atoms with Gasteiger partial charge < -0.3 is 9.64 Å². The van der Waals surface area contributed by atoms with Gasteiger partial charge in [-0.1, -0.05) is 48.5 Å². The van der Waals surface area contributed by atoms with Crippen LogP contribution in [0.15, 0.2) is 65.7 Å². The Morgan fingerprint density at radius 1 is 0.962 bits per heavy atom. The number of rotatable bonds is 1. The molecular formula is C23H22N2O. The normalized spacial score (nSPS) is 22.3. The molecule has 0 amide bonds. The summed E-state index contributed by atoms with van der Waals surface area (Å²) in [6, 6.07) is 21.1. The van der Waals surface area contributed by atoms with Crippen molar-refractivity contribution in [2.45, 2.75) is 31.9 Å². The van der Waals surface area contributed by atoms with Crippen LogP contribution in [0.2, 0.25) is 0 Å². The molecule has 5 rings (SSSR count). The zero-order chi connectivity index (χ0) is 17.9. The maximum Gasteiger partial charge on any atom is 0.228 e. The minimum atomic E-state index is -0.610. The molecule has 0 N–H and O–H groups in total. The van der Waals surface area contributed by atoms with Gasteiger partial charge >= 0.3 is 0 Å². The quantitative estimate of drug-likeness (QED) is 0.587. The largest absolute Gasteiger partial charge is 0.459 e. The average Bonchev–Trinajstić information content (AvgIpc) is 2.85. The van der Waals surface area contributed by atoms with Crippen LogP contribution in [0.4, 0.5) is 11.4 Å². The van der Waals surface area contributed by atoms with E-state index in [4.69, 9.17) is 9.73 Å². The molecule has 130 valence electrons. The van der Waals surface area contributed by atoms with Gasteiger partial charge in [0.15, 0.2) is 0 Å². The Hall–Kier alpha value is -2.81. The topological polar surface area (TPSA) is 24.8 Å². The van der Waals surface area contributed by atoms with Crippen molar-refractivity contribution >= 4 is 28.4 Å². The molecule has 3 heteroatoms. The predicted octanol–water partition coefficient (Wildman–Crippen LogP) is 5.45. The highest BCUT2D eigenvalue weighted by Gasteiger charge is 2.59. The smallest absolute Gasteiger partial charge is 0.228 e. The SMILES string of the molecule is CCN1c2ccccc2C(C)(C)[C@@]12C=Nc1c(ccc3ccccc13)O2. The number of hydrogen-bond donors (Lipinski definition) is 0. The van der Waals surface area contributed by atoms with Crippen molar-refractivity contribution in [3.05, 3.63) is 66.2 Å². The van der Waals surface area contributed by atoms with Crippen molar-refractivity contribution < 1.29 is 4.74 Å². The summed E-state index contributed by atoms with van der Waals surface area (Å²) in [5, 5.41) is 2.32. The zero-order valence-electron chi connectivity index (χ0n) is 15.4. The number of likely N-dealkylation sites (N-methyl/N-ethyl adjacent to an activating group) is 1. The van der Waals surface area contributed by atoms with E-state index in [1.54, 1.807) is 0 Å². The zero-order valence-corrected chi connectivity index (χ0v) is 15.4. The molecule has 2 heterocycles. The van der Waals surface area contributed by atoms with Gasteiger partial charge in [0, 0.05) is 17.6 Å². The number of benzene rings is 3. The van der Waals surface area contributed by atoms with Crippen LogP contribution in [0.1, 0.15) is 26.3 Å². The molecule has 2 aliphatic rings. The average molecular weight is 342 g/mol. The highest BCUT2D eigenvalue weighted by molar-refractivity contribution is 5.99. The minimum Gasteiger partial charge on any atom is -0.459 e. The fourth-order valence-corrected chi connectivity index (χ4v) is 4.56. The number of anilines is 1. The minimum absolute atomic E-state index is 0.216. The van der Waals surface area contributed by atoms with Crippen LogP contribution >= 0.6 is 0 Å². The van der Waals surface area contributed by atoms with E-state index in [0.717, 1.165) is 23.4 Å². The number of nitrogens with zero attached hydrogens (tertiary/aromatic N) is 2. The van der Waals surface area contributed by atoms with Crippen molar-refractivity contribution in [2.24, 2.45) is 4.99 Å². The van der Waals surface area contributed by atoms with E-state index in [0.29, 0.717) is 0 Å². The Labute approximate surface area is 153 Å². The molecule has 3 aromatic carbocycles. The maximum absolute atomic E-state index is 6.77. The fourth-order valence-electron chi connectivity index (χ4n) is 4.56. The van der Waals surface area contributed by atoms with E-state index in [1.165, 1.54) is 16.6 Å². The Balaban J connectivity index is 1.73. The van der Waals surface area contributed by atoms with Gasteiger partial charge in [0.05, 0.1) is 11.6 Å². The van der Waals surface area contributed by atoms with Gasteiger partial charge in [-0.2, -0.15) is 0 Å². The number of ether oxygens (including phenoxy) is 1. The third-order valence-corrected chi connectivity index (χ3v) is 5.98. The first-order chi connectivity index (χ1) is 12.6. The van der Waals surface area contributed by atoms with Crippen LogP contribution in [-0.4, -0.2) is 18.5 Å². The van der Waals surface area contributed by atoms with Crippen molar-refractivity contribution in [2.75, 3.05) is 11.4 Å². The third kappa shape index (κ3) is 1.75. The highest BCUT2D eigenvalue weighted by atomic mass is 16.5.